The van der Waals surface area contributed by atoms with Crippen LogP contribution in [0.3, 0.4) is 0 Å². The molecule has 2 aromatic rings. The molecule has 0 unspecified atom stereocenters. The second kappa shape index (κ2) is 5.95. The van der Waals surface area contributed by atoms with Crippen LogP contribution < -0.4 is 11.1 Å². The molecule has 5 nitrogen and oxygen atoms in total. The first kappa shape index (κ1) is 13.0. The van der Waals surface area contributed by atoms with Crippen molar-refractivity contribution in [3.05, 3.63) is 53.6 Å². The van der Waals surface area contributed by atoms with Crippen LogP contribution >= 0.6 is 0 Å². The molecule has 3 N–H and O–H groups in total. The van der Waals surface area contributed by atoms with E-state index in [1.54, 1.807) is 18.5 Å². The van der Waals surface area contributed by atoms with Crippen LogP contribution in [0.2, 0.25) is 0 Å². The lowest BCUT2D eigenvalue weighted by atomic mass is 10.1. The zero-order valence-electron chi connectivity index (χ0n) is 10.8. The highest BCUT2D eigenvalue weighted by atomic mass is 16.1. The molecule has 2 rings (SSSR count). The third-order valence-corrected chi connectivity index (χ3v) is 2.71. The second-order valence-electron chi connectivity index (χ2n) is 4.30. The summed E-state index contributed by atoms with van der Waals surface area (Å²) in [6.45, 7) is 2.24. The molecule has 98 valence electrons. The molecule has 5 heteroatoms. The van der Waals surface area contributed by atoms with Gasteiger partial charge in [-0.2, -0.15) is 0 Å². The first-order valence-electron chi connectivity index (χ1n) is 6.03. The van der Waals surface area contributed by atoms with Crippen LogP contribution in [0.4, 0.5) is 5.69 Å². The molecule has 0 bridgehead atoms. The summed E-state index contributed by atoms with van der Waals surface area (Å²) in [5.41, 5.74) is 8.84. The van der Waals surface area contributed by atoms with E-state index in [2.05, 4.69) is 15.3 Å². The third kappa shape index (κ3) is 3.77. The van der Waals surface area contributed by atoms with Crippen molar-refractivity contribution in [2.75, 3.05) is 5.73 Å². The van der Waals surface area contributed by atoms with Gasteiger partial charge in [0.05, 0.1) is 30.6 Å². The van der Waals surface area contributed by atoms with Gasteiger partial charge in [0.25, 0.3) is 0 Å². The van der Waals surface area contributed by atoms with Gasteiger partial charge in [0.2, 0.25) is 5.91 Å². The van der Waals surface area contributed by atoms with E-state index in [4.69, 9.17) is 5.73 Å². The predicted molar refractivity (Wildman–Crippen MR) is 73.2 cm³/mol. The van der Waals surface area contributed by atoms with Crippen LogP contribution in [0.15, 0.2) is 36.7 Å². The van der Waals surface area contributed by atoms with Crippen molar-refractivity contribution in [3.8, 4) is 0 Å². The maximum Gasteiger partial charge on any atom is 0.224 e. The molecule has 1 heterocycles. The summed E-state index contributed by atoms with van der Waals surface area (Å²) < 4.78 is 0. The van der Waals surface area contributed by atoms with Crippen LogP contribution in [0.5, 0.6) is 0 Å². The Bertz CT molecular complexity index is 566. The number of benzene rings is 1. The van der Waals surface area contributed by atoms with E-state index in [-0.39, 0.29) is 12.3 Å². The molecule has 0 spiro atoms. The first-order chi connectivity index (χ1) is 9.15. The number of carbonyl (C=O) groups is 1. The molecule has 0 saturated heterocycles. The molecule has 1 aromatic carbocycles. The van der Waals surface area contributed by atoms with Crippen molar-refractivity contribution in [2.45, 2.75) is 19.9 Å². The Morgan fingerprint density at radius 1 is 1.26 bits per heavy atom. The van der Waals surface area contributed by atoms with Gasteiger partial charge in [-0.25, -0.2) is 0 Å². The minimum absolute atomic E-state index is 0.0831. The number of amides is 1. The van der Waals surface area contributed by atoms with Gasteiger partial charge in [0.15, 0.2) is 0 Å². The lowest BCUT2D eigenvalue weighted by Gasteiger charge is -2.06. The van der Waals surface area contributed by atoms with Gasteiger partial charge < -0.3 is 11.1 Å². The minimum atomic E-state index is -0.0831. The number of hydrogen-bond acceptors (Lipinski definition) is 4. The molecule has 0 saturated carbocycles. The van der Waals surface area contributed by atoms with Gasteiger partial charge in [0, 0.05) is 11.9 Å². The fourth-order valence-corrected chi connectivity index (χ4v) is 1.63. The number of aryl methyl sites for hydroxylation is 1. The van der Waals surface area contributed by atoms with Crippen LogP contribution in [0.1, 0.15) is 17.0 Å². The highest BCUT2D eigenvalue weighted by molar-refractivity contribution is 5.80. The van der Waals surface area contributed by atoms with E-state index in [0.29, 0.717) is 12.2 Å². The SMILES string of the molecule is Cc1cnc(CNC(=O)Cc2ccccc2N)cn1. The van der Waals surface area contributed by atoms with E-state index in [0.717, 1.165) is 17.0 Å². The molecule has 1 amide bonds. The van der Waals surface area contributed by atoms with Gasteiger partial charge in [0.1, 0.15) is 0 Å². The fraction of sp³-hybridized carbons (Fsp3) is 0.214. The van der Waals surface area contributed by atoms with E-state index >= 15 is 0 Å². The maximum atomic E-state index is 11.8. The standard InChI is InChI=1S/C14H16N4O/c1-10-7-17-12(8-16-10)9-18-14(19)6-11-4-2-3-5-13(11)15/h2-5,7-8H,6,9,15H2,1H3,(H,18,19). The monoisotopic (exact) mass is 256 g/mol. The summed E-state index contributed by atoms with van der Waals surface area (Å²) in [6, 6.07) is 7.34. The van der Waals surface area contributed by atoms with Gasteiger partial charge in [-0.15, -0.1) is 0 Å². The van der Waals surface area contributed by atoms with Crippen LogP contribution in [0.25, 0.3) is 0 Å². The van der Waals surface area contributed by atoms with E-state index < -0.39 is 0 Å². The number of rotatable bonds is 4. The zero-order valence-corrected chi connectivity index (χ0v) is 10.8. The number of nitrogens with two attached hydrogens (primary N) is 1. The van der Waals surface area contributed by atoms with Gasteiger partial charge in [-0.3, -0.25) is 14.8 Å². The van der Waals surface area contributed by atoms with Crippen LogP contribution in [0, 0.1) is 6.92 Å². The Hall–Kier alpha value is -2.43. The van der Waals surface area contributed by atoms with Gasteiger partial charge >= 0.3 is 0 Å². The number of carbonyl (C=O) groups excluding carboxylic acids is 1. The molecular formula is C14H16N4O. The average molecular weight is 256 g/mol. The highest BCUT2D eigenvalue weighted by Crippen LogP contribution is 2.10. The predicted octanol–water partition coefficient (Wildman–Crippen LogP) is 1.23. The number of nitrogens with zero attached hydrogens (tertiary/aromatic N) is 2. The largest absolute Gasteiger partial charge is 0.398 e. The summed E-state index contributed by atoms with van der Waals surface area (Å²) in [5.74, 6) is -0.0831. The number of nitrogen functional groups attached to an aromatic ring is 1. The fourth-order valence-electron chi connectivity index (χ4n) is 1.63. The van der Waals surface area contributed by atoms with E-state index in [1.807, 2.05) is 25.1 Å². The first-order valence-corrected chi connectivity index (χ1v) is 6.03. The molecule has 0 atom stereocenters. The summed E-state index contributed by atoms with van der Waals surface area (Å²) in [5, 5.41) is 2.80. The quantitative estimate of drug-likeness (QED) is 0.806. The van der Waals surface area contributed by atoms with Crippen molar-refractivity contribution in [2.24, 2.45) is 0 Å². The Labute approximate surface area is 111 Å². The normalized spacial score (nSPS) is 10.2. The van der Waals surface area contributed by atoms with E-state index in [9.17, 15) is 4.79 Å². The second-order valence-corrected chi connectivity index (χ2v) is 4.30. The summed E-state index contributed by atoms with van der Waals surface area (Å²) >= 11 is 0. The van der Waals surface area contributed by atoms with Gasteiger partial charge in [-0.1, -0.05) is 18.2 Å². The molecular weight excluding hydrogens is 240 g/mol. The van der Waals surface area contributed by atoms with Crippen molar-refractivity contribution in [3.63, 3.8) is 0 Å². The lowest BCUT2D eigenvalue weighted by molar-refractivity contribution is -0.120. The molecule has 0 aliphatic heterocycles. The minimum Gasteiger partial charge on any atom is -0.398 e. The van der Waals surface area contributed by atoms with Crippen LogP contribution in [-0.2, 0) is 17.8 Å². The van der Waals surface area contributed by atoms with Crippen molar-refractivity contribution < 1.29 is 4.79 Å². The number of aromatic nitrogens is 2. The number of hydrogen-bond donors (Lipinski definition) is 2. The topological polar surface area (TPSA) is 80.9 Å². The summed E-state index contributed by atoms with van der Waals surface area (Å²) in [7, 11) is 0. The maximum absolute atomic E-state index is 11.8. The lowest BCUT2D eigenvalue weighted by Crippen LogP contribution is -2.25. The summed E-state index contributed by atoms with van der Waals surface area (Å²) in [6.07, 6.45) is 3.61. The molecule has 0 aliphatic carbocycles. The molecule has 0 fully saturated rings. The Morgan fingerprint density at radius 2 is 2.05 bits per heavy atom. The zero-order chi connectivity index (χ0) is 13.7. The van der Waals surface area contributed by atoms with E-state index in [1.165, 1.54) is 0 Å². The van der Waals surface area contributed by atoms with Crippen LogP contribution in [-0.4, -0.2) is 15.9 Å². The number of anilines is 1. The number of nitrogens with one attached hydrogen (secondary N) is 1. The van der Waals surface area contributed by atoms with Crippen molar-refractivity contribution in [1.82, 2.24) is 15.3 Å². The Kier molecular flexibility index (Phi) is 4.07. The Balaban J connectivity index is 1.88. The molecule has 1 aromatic heterocycles. The molecule has 19 heavy (non-hydrogen) atoms. The van der Waals surface area contributed by atoms with Crippen molar-refractivity contribution >= 4 is 11.6 Å². The average Bonchev–Trinajstić information content (AvgIpc) is 2.41. The Morgan fingerprint density at radius 3 is 2.74 bits per heavy atom. The third-order valence-electron chi connectivity index (χ3n) is 2.71. The van der Waals surface area contributed by atoms with Crippen molar-refractivity contribution in [1.29, 1.82) is 0 Å². The molecule has 0 radical (unpaired) electrons. The number of para-hydroxylation sites is 1. The highest BCUT2D eigenvalue weighted by Gasteiger charge is 2.06. The molecule has 0 aliphatic rings. The van der Waals surface area contributed by atoms with Gasteiger partial charge in [-0.05, 0) is 18.6 Å². The smallest absolute Gasteiger partial charge is 0.224 e. The summed E-state index contributed by atoms with van der Waals surface area (Å²) in [4.78, 5) is 20.1.